The molecule has 2 aromatic rings. The zero-order chi connectivity index (χ0) is 21.4. The molecule has 0 bridgehead atoms. The van der Waals surface area contributed by atoms with Gasteiger partial charge in [-0.1, -0.05) is 49.6 Å². The molecule has 29 heavy (non-hydrogen) atoms. The molecule has 1 atom stereocenters. The molecule has 0 fully saturated rings. The number of hydrogen-bond acceptors (Lipinski definition) is 6. The van der Waals surface area contributed by atoms with E-state index in [0.29, 0.717) is 5.56 Å². The predicted octanol–water partition coefficient (Wildman–Crippen LogP) is 5.84. The van der Waals surface area contributed by atoms with Gasteiger partial charge in [0.25, 0.3) is 0 Å². The molecule has 1 N–H and O–H groups in total. The fourth-order valence-corrected chi connectivity index (χ4v) is 3.75. The molecule has 0 spiro atoms. The van der Waals surface area contributed by atoms with Crippen LogP contribution in [0.2, 0.25) is 0 Å². The summed E-state index contributed by atoms with van der Waals surface area (Å²) in [6, 6.07) is 11.1. The Morgan fingerprint density at radius 1 is 1.17 bits per heavy atom. The maximum Gasteiger partial charge on any atom is 0.379 e. The second kappa shape index (κ2) is 10.5. The molecule has 0 amide bonds. The van der Waals surface area contributed by atoms with E-state index in [-0.39, 0.29) is 11.5 Å². The Morgan fingerprint density at radius 3 is 2.59 bits per heavy atom. The summed E-state index contributed by atoms with van der Waals surface area (Å²) in [4.78, 5) is 10.9. The Labute approximate surface area is 172 Å². The van der Waals surface area contributed by atoms with Gasteiger partial charge in [-0.05, 0) is 43.0 Å². The summed E-state index contributed by atoms with van der Waals surface area (Å²) in [6.07, 6.45) is 3.92. The molecule has 0 aliphatic carbocycles. The minimum atomic E-state index is -3.59. The van der Waals surface area contributed by atoms with E-state index < -0.39 is 20.4 Å². The highest BCUT2D eigenvalue weighted by Gasteiger charge is 2.24. The van der Waals surface area contributed by atoms with Crippen molar-refractivity contribution in [3.8, 4) is 22.6 Å². The topological polar surface area (TPSA) is 82.1 Å². The van der Waals surface area contributed by atoms with Crippen LogP contribution in [0, 0.1) is 6.92 Å². The number of rotatable bonds is 10. The van der Waals surface area contributed by atoms with E-state index in [1.54, 1.807) is 12.1 Å². The molecule has 2 rings (SSSR count). The number of phenolic OH excluding ortho intramolecular Hbond substituents is 1. The van der Waals surface area contributed by atoms with Crippen molar-refractivity contribution in [2.24, 2.45) is 0 Å². The Balaban J connectivity index is 2.39. The van der Waals surface area contributed by atoms with Crippen LogP contribution in [-0.2, 0) is 25.0 Å². The fraction of sp³-hybridized carbons (Fsp3) is 0.409. The van der Waals surface area contributed by atoms with Gasteiger partial charge < -0.3 is 14.4 Å². The first-order chi connectivity index (χ1) is 13.7. The van der Waals surface area contributed by atoms with Gasteiger partial charge in [0.1, 0.15) is 11.5 Å². The Morgan fingerprint density at radius 2 is 1.93 bits per heavy atom. The van der Waals surface area contributed by atoms with Crippen LogP contribution in [0.15, 0.2) is 36.4 Å². The highest BCUT2D eigenvalue weighted by Crippen LogP contribution is 2.49. The van der Waals surface area contributed by atoms with Gasteiger partial charge >= 0.3 is 13.6 Å². The van der Waals surface area contributed by atoms with Crippen molar-refractivity contribution < 1.29 is 28.3 Å². The van der Waals surface area contributed by atoms with E-state index in [0.717, 1.165) is 42.4 Å². The molecule has 7 heteroatoms. The normalized spacial score (nSPS) is 13.0. The molecule has 2 aromatic carbocycles. The second-order valence-corrected chi connectivity index (χ2v) is 9.04. The lowest BCUT2D eigenvalue weighted by Crippen LogP contribution is -2.06. The van der Waals surface area contributed by atoms with Crippen LogP contribution < -0.4 is 4.52 Å². The van der Waals surface area contributed by atoms with Crippen LogP contribution in [0.3, 0.4) is 0 Å². The lowest BCUT2D eigenvalue weighted by molar-refractivity contribution is -0.147. The van der Waals surface area contributed by atoms with Crippen molar-refractivity contribution in [3.63, 3.8) is 0 Å². The van der Waals surface area contributed by atoms with E-state index in [2.05, 4.69) is 6.92 Å². The summed E-state index contributed by atoms with van der Waals surface area (Å²) in [6.45, 7) is 6.15. The van der Waals surface area contributed by atoms with Gasteiger partial charge in [0.2, 0.25) is 6.79 Å². The number of benzene rings is 2. The number of carbonyl (C=O) groups excluding carboxylic acids is 1. The van der Waals surface area contributed by atoms with E-state index >= 15 is 0 Å². The van der Waals surface area contributed by atoms with Crippen molar-refractivity contribution in [2.45, 2.75) is 46.5 Å². The van der Waals surface area contributed by atoms with E-state index in [1.165, 1.54) is 13.6 Å². The number of unbranched alkanes of at least 4 members (excludes halogenated alkanes) is 2. The van der Waals surface area contributed by atoms with Gasteiger partial charge in [-0.2, -0.15) is 0 Å². The first-order valence-electron chi connectivity index (χ1n) is 9.69. The third-order valence-electron chi connectivity index (χ3n) is 4.33. The summed E-state index contributed by atoms with van der Waals surface area (Å²) in [5.41, 5.74) is 3.11. The van der Waals surface area contributed by atoms with Crippen LogP contribution in [0.1, 0.15) is 44.2 Å². The molecular weight excluding hydrogens is 391 g/mol. The zero-order valence-corrected chi connectivity index (χ0v) is 18.3. The summed E-state index contributed by atoms with van der Waals surface area (Å²) < 4.78 is 28.3. The molecule has 0 aliphatic heterocycles. The number of hydrogen-bond donors (Lipinski definition) is 1. The number of phenols is 1. The van der Waals surface area contributed by atoms with Gasteiger partial charge in [-0.3, -0.25) is 9.32 Å². The lowest BCUT2D eigenvalue weighted by atomic mass is 9.98. The summed E-state index contributed by atoms with van der Waals surface area (Å²) in [7, 11) is -3.59. The zero-order valence-electron chi connectivity index (χ0n) is 17.4. The monoisotopic (exact) mass is 420 g/mol. The molecule has 0 radical (unpaired) electrons. The Hall–Kier alpha value is -2.30. The third-order valence-corrected chi connectivity index (χ3v) is 5.43. The smallest absolute Gasteiger partial charge is 0.379 e. The SMILES string of the molecule is CCCCCc1cc(O)c(-c2cccc(C)c2)c(OP(C)(=O)OCOC(C)=O)c1. The van der Waals surface area contributed by atoms with Crippen molar-refractivity contribution in [3.05, 3.63) is 47.5 Å². The number of aromatic hydroxyl groups is 1. The largest absolute Gasteiger partial charge is 0.507 e. The number of ether oxygens (including phenoxy) is 1. The van der Waals surface area contributed by atoms with Gasteiger partial charge in [0.05, 0.1) is 12.2 Å². The molecular formula is C22H29O6P. The van der Waals surface area contributed by atoms with Crippen LogP contribution >= 0.6 is 7.60 Å². The number of carbonyl (C=O) groups is 1. The molecule has 0 aliphatic rings. The molecule has 158 valence electrons. The van der Waals surface area contributed by atoms with Crippen LogP contribution in [0.5, 0.6) is 11.5 Å². The second-order valence-electron chi connectivity index (χ2n) is 7.06. The summed E-state index contributed by atoms with van der Waals surface area (Å²) in [5, 5.41) is 10.7. The maximum atomic E-state index is 12.8. The molecule has 0 saturated heterocycles. The standard InChI is InChI=1S/C22H29O6P/c1-5-6-7-10-18-13-20(24)22(19-11-8-9-16(2)12-19)21(14-18)28-29(4,25)27-15-26-17(3)23/h8-9,11-14,24H,5-7,10,15H2,1-4H3. The minimum absolute atomic E-state index is 0.0552. The quantitative estimate of drug-likeness (QED) is 0.225. The number of aryl methyl sites for hydroxylation is 2. The average molecular weight is 420 g/mol. The number of esters is 1. The van der Waals surface area contributed by atoms with Crippen LogP contribution in [-0.4, -0.2) is 24.5 Å². The lowest BCUT2D eigenvalue weighted by Gasteiger charge is -2.19. The fourth-order valence-electron chi connectivity index (χ4n) is 2.95. The molecule has 1 unspecified atom stereocenters. The average Bonchev–Trinajstić information content (AvgIpc) is 2.60. The van der Waals surface area contributed by atoms with Crippen molar-refractivity contribution in [1.82, 2.24) is 0 Å². The van der Waals surface area contributed by atoms with Crippen LogP contribution in [0.4, 0.5) is 0 Å². The molecule has 0 heterocycles. The first kappa shape index (κ1) is 23.0. The molecule has 0 saturated carbocycles. The maximum absolute atomic E-state index is 12.8. The Bertz CT molecular complexity index is 893. The minimum Gasteiger partial charge on any atom is -0.507 e. The van der Waals surface area contributed by atoms with Gasteiger partial charge in [-0.25, -0.2) is 4.57 Å². The van der Waals surface area contributed by atoms with Gasteiger partial charge in [-0.15, -0.1) is 0 Å². The third kappa shape index (κ3) is 7.22. The highest BCUT2D eigenvalue weighted by atomic mass is 31.2. The molecule has 6 nitrogen and oxygen atoms in total. The van der Waals surface area contributed by atoms with Crippen molar-refractivity contribution in [2.75, 3.05) is 13.5 Å². The Kier molecular flexibility index (Phi) is 8.30. The van der Waals surface area contributed by atoms with Crippen molar-refractivity contribution >= 4 is 13.6 Å². The summed E-state index contributed by atoms with van der Waals surface area (Å²) >= 11 is 0. The van der Waals surface area contributed by atoms with E-state index in [4.69, 9.17) is 13.8 Å². The van der Waals surface area contributed by atoms with Crippen molar-refractivity contribution in [1.29, 1.82) is 0 Å². The molecule has 0 aromatic heterocycles. The highest BCUT2D eigenvalue weighted by molar-refractivity contribution is 7.53. The van der Waals surface area contributed by atoms with E-state index in [1.807, 2.05) is 31.2 Å². The van der Waals surface area contributed by atoms with Gasteiger partial charge in [0, 0.05) is 6.92 Å². The summed E-state index contributed by atoms with van der Waals surface area (Å²) in [5.74, 6) is -0.212. The first-order valence-corrected chi connectivity index (χ1v) is 11.7. The van der Waals surface area contributed by atoms with Crippen LogP contribution in [0.25, 0.3) is 11.1 Å². The van der Waals surface area contributed by atoms with Gasteiger partial charge in [0.15, 0.2) is 0 Å². The predicted molar refractivity (Wildman–Crippen MR) is 113 cm³/mol. The van der Waals surface area contributed by atoms with E-state index in [9.17, 15) is 14.5 Å².